The molecule has 2 rings (SSSR count). The number of rotatable bonds is 7. The first-order valence-corrected chi connectivity index (χ1v) is 8.95. The number of nitrogens with one attached hydrogen (secondary N) is 2. The Balaban J connectivity index is 2.06. The van der Waals surface area contributed by atoms with Crippen molar-refractivity contribution in [3.05, 3.63) is 59.2 Å². The number of benzene rings is 2. The van der Waals surface area contributed by atoms with Crippen molar-refractivity contribution in [3.63, 3.8) is 0 Å². The lowest BCUT2D eigenvalue weighted by Gasteiger charge is -2.15. The Kier molecular flexibility index (Phi) is 7.33. The van der Waals surface area contributed by atoms with Crippen LogP contribution in [0, 0.1) is 6.92 Å². The van der Waals surface area contributed by atoms with Gasteiger partial charge in [-0.3, -0.25) is 0 Å². The van der Waals surface area contributed by atoms with Crippen LogP contribution in [0.3, 0.4) is 0 Å². The molecule has 2 aromatic rings. The lowest BCUT2D eigenvalue weighted by atomic mass is 10.1. The van der Waals surface area contributed by atoms with Gasteiger partial charge in [0.15, 0.2) is 5.96 Å². The van der Waals surface area contributed by atoms with E-state index in [1.165, 1.54) is 16.8 Å². The van der Waals surface area contributed by atoms with E-state index in [0.717, 1.165) is 23.8 Å². The maximum Gasteiger partial charge on any atom is 0.191 e. The van der Waals surface area contributed by atoms with Crippen LogP contribution < -0.4 is 20.3 Å². The quantitative estimate of drug-likeness (QED) is 0.591. The molecule has 0 atom stereocenters. The number of hydrogen-bond donors (Lipinski definition) is 2. The number of nitrogens with zero attached hydrogens (tertiary/aromatic N) is 2. The van der Waals surface area contributed by atoms with Crippen molar-refractivity contribution in [2.75, 3.05) is 32.6 Å². The van der Waals surface area contributed by atoms with E-state index >= 15 is 0 Å². The summed E-state index contributed by atoms with van der Waals surface area (Å²) in [5.41, 5.74) is 4.66. The summed E-state index contributed by atoms with van der Waals surface area (Å²) >= 11 is 0. The van der Waals surface area contributed by atoms with Gasteiger partial charge in [0.1, 0.15) is 5.75 Å². The van der Waals surface area contributed by atoms with Gasteiger partial charge in [0.2, 0.25) is 0 Å². The molecular weight excluding hydrogens is 324 g/mol. The minimum Gasteiger partial charge on any atom is -0.496 e. The molecule has 0 saturated heterocycles. The maximum absolute atomic E-state index is 5.48. The number of hydrogen-bond acceptors (Lipinski definition) is 3. The molecule has 0 radical (unpaired) electrons. The van der Waals surface area contributed by atoms with E-state index in [4.69, 9.17) is 9.73 Å². The molecule has 0 fully saturated rings. The fourth-order valence-corrected chi connectivity index (χ4v) is 2.62. The van der Waals surface area contributed by atoms with Gasteiger partial charge in [-0.05, 0) is 43.2 Å². The van der Waals surface area contributed by atoms with E-state index in [9.17, 15) is 0 Å². The molecule has 0 spiro atoms. The van der Waals surface area contributed by atoms with Gasteiger partial charge in [0.05, 0.1) is 13.7 Å². The van der Waals surface area contributed by atoms with Crippen molar-refractivity contribution in [2.45, 2.75) is 26.9 Å². The first kappa shape index (κ1) is 19.6. The average molecular weight is 354 g/mol. The summed E-state index contributed by atoms with van der Waals surface area (Å²) < 4.78 is 5.48. The molecule has 0 aromatic heterocycles. The van der Waals surface area contributed by atoms with Gasteiger partial charge in [-0.1, -0.05) is 24.3 Å². The van der Waals surface area contributed by atoms with Gasteiger partial charge in [-0.15, -0.1) is 0 Å². The third-order valence-electron chi connectivity index (χ3n) is 4.08. The third kappa shape index (κ3) is 5.69. The van der Waals surface area contributed by atoms with Crippen LogP contribution in [0.5, 0.6) is 5.75 Å². The van der Waals surface area contributed by atoms with Gasteiger partial charge in [-0.25, -0.2) is 4.99 Å². The Morgan fingerprint density at radius 2 is 1.92 bits per heavy atom. The molecule has 0 unspecified atom stereocenters. The molecule has 2 N–H and O–H groups in total. The summed E-state index contributed by atoms with van der Waals surface area (Å²) in [5, 5.41) is 6.68. The minimum atomic E-state index is 0.627. The van der Waals surface area contributed by atoms with Crippen LogP contribution in [0.25, 0.3) is 0 Å². The third-order valence-corrected chi connectivity index (χ3v) is 4.08. The standard InChI is InChI=1S/C21H30N4O/c1-6-22-21(23-14-17-8-7-9-19(13-17)25(3)4)24-15-18-11-10-16(2)12-20(18)26-5/h7-13H,6,14-15H2,1-5H3,(H2,22,23,24). The highest BCUT2D eigenvalue weighted by atomic mass is 16.5. The second-order valence-corrected chi connectivity index (χ2v) is 6.43. The predicted molar refractivity (Wildman–Crippen MR) is 110 cm³/mol. The van der Waals surface area contributed by atoms with Crippen LogP contribution in [0.2, 0.25) is 0 Å². The molecule has 0 aliphatic heterocycles. The lowest BCUT2D eigenvalue weighted by Crippen LogP contribution is -2.36. The van der Waals surface area contributed by atoms with E-state index in [1.807, 2.05) is 20.2 Å². The fraction of sp³-hybridized carbons (Fsp3) is 0.381. The highest BCUT2D eigenvalue weighted by molar-refractivity contribution is 5.79. The Labute approximate surface area is 157 Å². The molecule has 0 aliphatic carbocycles. The molecule has 0 aliphatic rings. The zero-order valence-electron chi connectivity index (χ0n) is 16.5. The minimum absolute atomic E-state index is 0.627. The second-order valence-electron chi connectivity index (χ2n) is 6.43. The highest BCUT2D eigenvalue weighted by Crippen LogP contribution is 2.19. The van der Waals surface area contributed by atoms with Crippen molar-refractivity contribution in [1.29, 1.82) is 0 Å². The van der Waals surface area contributed by atoms with E-state index in [1.54, 1.807) is 7.11 Å². The Hall–Kier alpha value is -2.69. The number of methoxy groups -OCH3 is 1. The van der Waals surface area contributed by atoms with Crippen molar-refractivity contribution in [2.24, 2.45) is 4.99 Å². The van der Waals surface area contributed by atoms with Gasteiger partial charge in [0.25, 0.3) is 0 Å². The molecule has 5 heteroatoms. The molecule has 26 heavy (non-hydrogen) atoms. The average Bonchev–Trinajstić information content (AvgIpc) is 2.64. The Morgan fingerprint density at radius 3 is 2.62 bits per heavy atom. The number of guanidine groups is 1. The van der Waals surface area contributed by atoms with Crippen LogP contribution in [0.1, 0.15) is 23.6 Å². The molecule has 0 bridgehead atoms. The van der Waals surface area contributed by atoms with Crippen LogP contribution in [0.15, 0.2) is 47.5 Å². The molecular formula is C21H30N4O. The highest BCUT2D eigenvalue weighted by Gasteiger charge is 2.05. The van der Waals surface area contributed by atoms with Crippen LogP contribution in [-0.2, 0) is 13.1 Å². The molecule has 140 valence electrons. The number of anilines is 1. The van der Waals surface area contributed by atoms with E-state index in [0.29, 0.717) is 13.1 Å². The van der Waals surface area contributed by atoms with E-state index < -0.39 is 0 Å². The molecule has 0 amide bonds. The summed E-state index contributed by atoms with van der Waals surface area (Å²) in [7, 11) is 5.79. The summed E-state index contributed by atoms with van der Waals surface area (Å²) in [6, 6.07) is 14.7. The smallest absolute Gasteiger partial charge is 0.191 e. The molecule has 2 aromatic carbocycles. The summed E-state index contributed by atoms with van der Waals surface area (Å²) in [6.07, 6.45) is 0. The van der Waals surface area contributed by atoms with Crippen LogP contribution in [0.4, 0.5) is 5.69 Å². The van der Waals surface area contributed by atoms with Gasteiger partial charge >= 0.3 is 0 Å². The fourth-order valence-electron chi connectivity index (χ4n) is 2.62. The zero-order valence-corrected chi connectivity index (χ0v) is 16.5. The first-order chi connectivity index (χ1) is 12.5. The first-order valence-electron chi connectivity index (χ1n) is 8.95. The van der Waals surface area contributed by atoms with Gasteiger partial charge < -0.3 is 20.3 Å². The van der Waals surface area contributed by atoms with E-state index in [2.05, 4.69) is 65.8 Å². The molecule has 0 saturated carbocycles. The largest absolute Gasteiger partial charge is 0.496 e. The summed E-state index contributed by atoms with van der Waals surface area (Å²) in [6.45, 7) is 6.23. The van der Waals surface area contributed by atoms with Crippen LogP contribution >= 0.6 is 0 Å². The molecule has 0 heterocycles. The predicted octanol–water partition coefficient (Wildman–Crippen LogP) is 3.32. The number of ether oxygens (including phenoxy) is 1. The van der Waals surface area contributed by atoms with Crippen molar-refractivity contribution in [3.8, 4) is 5.75 Å². The van der Waals surface area contributed by atoms with Gasteiger partial charge in [-0.2, -0.15) is 0 Å². The van der Waals surface area contributed by atoms with Crippen molar-refractivity contribution in [1.82, 2.24) is 10.6 Å². The van der Waals surface area contributed by atoms with Crippen molar-refractivity contribution < 1.29 is 4.74 Å². The SMILES string of the molecule is CCNC(=NCc1cccc(N(C)C)c1)NCc1ccc(C)cc1OC. The van der Waals surface area contributed by atoms with Crippen molar-refractivity contribution >= 4 is 11.6 Å². The topological polar surface area (TPSA) is 48.9 Å². The van der Waals surface area contributed by atoms with Gasteiger partial charge in [0, 0.05) is 38.4 Å². The second kappa shape index (κ2) is 9.70. The van der Waals surface area contributed by atoms with E-state index in [-0.39, 0.29) is 0 Å². The Morgan fingerprint density at radius 1 is 1.12 bits per heavy atom. The number of aliphatic imine (C=N–C) groups is 1. The lowest BCUT2D eigenvalue weighted by molar-refractivity contribution is 0.408. The number of aryl methyl sites for hydroxylation is 1. The summed E-state index contributed by atoms with van der Waals surface area (Å²) in [4.78, 5) is 6.80. The Bertz CT molecular complexity index is 741. The van der Waals surface area contributed by atoms with Crippen LogP contribution in [-0.4, -0.2) is 33.7 Å². The summed E-state index contributed by atoms with van der Waals surface area (Å²) in [5.74, 6) is 1.69. The molecule has 5 nitrogen and oxygen atoms in total. The zero-order chi connectivity index (χ0) is 18.9. The maximum atomic E-state index is 5.48. The normalized spacial score (nSPS) is 11.2. The monoisotopic (exact) mass is 354 g/mol.